The highest BCUT2D eigenvalue weighted by Gasteiger charge is 2.06. The van der Waals surface area contributed by atoms with Gasteiger partial charge in [-0.1, -0.05) is 116 Å². The van der Waals surface area contributed by atoms with Gasteiger partial charge in [-0.25, -0.2) is 9.59 Å². The van der Waals surface area contributed by atoms with Crippen molar-refractivity contribution in [3.8, 4) is 5.75 Å². The molecule has 0 saturated heterocycles. The zero-order valence-electron chi connectivity index (χ0n) is 26.5. The Morgan fingerprint density at radius 2 is 1.02 bits per heavy atom. The van der Waals surface area contributed by atoms with Crippen LogP contribution >= 0.6 is 0 Å². The Hall–Kier alpha value is -3.16. The van der Waals surface area contributed by atoms with Crippen molar-refractivity contribution in [3.63, 3.8) is 0 Å². The van der Waals surface area contributed by atoms with Crippen molar-refractivity contribution in [1.82, 2.24) is 0 Å². The smallest absolute Gasteiger partial charge is 0.333 e. The number of nitrogens with zero attached hydrogens (tertiary/aromatic N) is 1. The number of carbonyl (C=O) groups excluding carboxylic acids is 2. The molecule has 0 heterocycles. The summed E-state index contributed by atoms with van der Waals surface area (Å²) in [5.74, 6) is -0.245. The first-order valence-corrected chi connectivity index (χ1v) is 15.7. The molecule has 8 heteroatoms. The fraction of sp³-hybridized carbons (Fsp3) is 0.647. The zero-order chi connectivity index (χ0) is 31.4. The molecule has 0 aromatic heterocycles. The molecule has 1 aromatic rings. The van der Waals surface area contributed by atoms with Crippen LogP contribution in [0, 0.1) is 10.1 Å². The molecule has 0 saturated carbocycles. The third-order valence-electron chi connectivity index (χ3n) is 6.56. The van der Waals surface area contributed by atoms with E-state index in [4.69, 9.17) is 14.2 Å². The molecule has 0 unspecified atom stereocenters. The standard InChI is InChI=1S/C22H42O2.C12H13NO5/c1-4-5-6-7-8-9-10-11-12-13-14-15-16-17-18-19-20-24-22(23)21(2)3;1-9(2)12(14)18-8-7-17-11-5-3-10(4-6-11)13(15)16/h2,4-20H2,1,3H3;3-6H,1,7-8H2,2H3. The number of benzene rings is 1. The molecule has 0 fully saturated rings. The highest BCUT2D eigenvalue weighted by atomic mass is 16.6. The summed E-state index contributed by atoms with van der Waals surface area (Å²) < 4.78 is 15.1. The fourth-order valence-electron chi connectivity index (χ4n) is 4.02. The Bertz CT molecular complexity index is 896. The van der Waals surface area contributed by atoms with E-state index in [0.29, 0.717) is 23.5 Å². The lowest BCUT2D eigenvalue weighted by atomic mass is 10.0. The molecule has 1 aromatic carbocycles. The van der Waals surface area contributed by atoms with E-state index < -0.39 is 10.9 Å². The maximum atomic E-state index is 11.2. The van der Waals surface area contributed by atoms with Gasteiger partial charge in [-0.3, -0.25) is 10.1 Å². The minimum Gasteiger partial charge on any atom is -0.490 e. The summed E-state index contributed by atoms with van der Waals surface area (Å²) in [7, 11) is 0. The van der Waals surface area contributed by atoms with Gasteiger partial charge in [0.25, 0.3) is 5.69 Å². The number of non-ortho nitro benzene ring substituents is 1. The van der Waals surface area contributed by atoms with Crippen molar-refractivity contribution in [2.45, 2.75) is 124 Å². The van der Waals surface area contributed by atoms with Gasteiger partial charge in [0.05, 0.1) is 11.5 Å². The van der Waals surface area contributed by atoms with Crippen LogP contribution in [0.1, 0.15) is 124 Å². The molecule has 0 spiro atoms. The summed E-state index contributed by atoms with van der Waals surface area (Å²) in [6.07, 6.45) is 21.7. The average molecular weight is 590 g/mol. The number of rotatable bonds is 24. The maximum absolute atomic E-state index is 11.2. The molecule has 0 amide bonds. The van der Waals surface area contributed by atoms with Crippen molar-refractivity contribution >= 4 is 17.6 Å². The molecule has 0 aliphatic rings. The number of ether oxygens (including phenoxy) is 3. The molecule has 0 bridgehead atoms. The van der Waals surface area contributed by atoms with Crippen molar-refractivity contribution < 1.29 is 28.7 Å². The molecule has 0 aliphatic carbocycles. The van der Waals surface area contributed by atoms with Gasteiger partial charge in [0.1, 0.15) is 19.0 Å². The van der Waals surface area contributed by atoms with Gasteiger partial charge in [-0.15, -0.1) is 0 Å². The molecule has 0 aliphatic heterocycles. The highest BCUT2D eigenvalue weighted by Crippen LogP contribution is 2.17. The Morgan fingerprint density at radius 1 is 0.643 bits per heavy atom. The SMILES string of the molecule is C=C(C)C(=O)OCCCCCCCCCCCCCCCCCC.C=C(C)C(=O)OCCOc1ccc([N+](=O)[O-])cc1. The zero-order valence-corrected chi connectivity index (χ0v) is 26.5. The first kappa shape index (κ1) is 38.8. The van der Waals surface area contributed by atoms with Crippen molar-refractivity contribution in [1.29, 1.82) is 0 Å². The third kappa shape index (κ3) is 23.5. The number of hydrogen-bond donors (Lipinski definition) is 0. The second-order valence-electron chi connectivity index (χ2n) is 10.7. The van der Waals surface area contributed by atoms with E-state index >= 15 is 0 Å². The molecule has 1 rings (SSSR count). The molecule has 0 atom stereocenters. The topological polar surface area (TPSA) is 105 Å². The van der Waals surface area contributed by atoms with Crippen molar-refractivity contribution in [3.05, 3.63) is 58.7 Å². The summed E-state index contributed by atoms with van der Waals surface area (Å²) in [6, 6.07) is 5.65. The van der Waals surface area contributed by atoms with E-state index in [1.165, 1.54) is 121 Å². The molecular formula is C34H55NO7. The van der Waals surface area contributed by atoms with E-state index in [9.17, 15) is 19.7 Å². The lowest BCUT2D eigenvalue weighted by Crippen LogP contribution is -2.12. The molecule has 0 N–H and O–H groups in total. The minimum atomic E-state index is -0.488. The Morgan fingerprint density at radius 3 is 1.40 bits per heavy atom. The summed E-state index contributed by atoms with van der Waals surface area (Å²) in [5, 5.41) is 10.4. The predicted molar refractivity (Wildman–Crippen MR) is 170 cm³/mol. The fourth-order valence-corrected chi connectivity index (χ4v) is 4.02. The van der Waals surface area contributed by atoms with Crippen LogP contribution < -0.4 is 4.74 Å². The van der Waals surface area contributed by atoms with Crippen molar-refractivity contribution in [2.75, 3.05) is 19.8 Å². The summed E-state index contributed by atoms with van der Waals surface area (Å²) in [4.78, 5) is 32.1. The van der Waals surface area contributed by atoms with Gasteiger partial charge in [0.2, 0.25) is 0 Å². The Kier molecular flexibility index (Phi) is 24.7. The van der Waals surface area contributed by atoms with E-state index in [1.807, 2.05) is 0 Å². The summed E-state index contributed by atoms with van der Waals surface area (Å²) in [5.41, 5.74) is 0.813. The van der Waals surface area contributed by atoms with Crippen LogP contribution in [0.4, 0.5) is 5.69 Å². The van der Waals surface area contributed by atoms with E-state index in [-0.39, 0.29) is 24.9 Å². The lowest BCUT2D eigenvalue weighted by Gasteiger charge is -2.06. The molecular weight excluding hydrogens is 534 g/mol. The van der Waals surface area contributed by atoms with Crippen LogP contribution in [0.3, 0.4) is 0 Å². The van der Waals surface area contributed by atoms with E-state index in [2.05, 4.69) is 20.1 Å². The molecule has 8 nitrogen and oxygen atoms in total. The van der Waals surface area contributed by atoms with Gasteiger partial charge in [-0.2, -0.15) is 0 Å². The van der Waals surface area contributed by atoms with Gasteiger partial charge in [0, 0.05) is 23.3 Å². The molecule has 42 heavy (non-hydrogen) atoms. The second kappa shape index (κ2) is 26.7. The van der Waals surface area contributed by atoms with Crippen LogP contribution in [-0.4, -0.2) is 36.7 Å². The predicted octanol–water partition coefficient (Wildman–Crippen LogP) is 9.46. The Labute approximate surface area is 254 Å². The monoisotopic (exact) mass is 589 g/mol. The van der Waals surface area contributed by atoms with Crippen LogP contribution in [0.5, 0.6) is 5.75 Å². The highest BCUT2D eigenvalue weighted by molar-refractivity contribution is 5.87. The first-order chi connectivity index (χ1) is 20.2. The Balaban J connectivity index is 0.000000831. The van der Waals surface area contributed by atoms with Crippen molar-refractivity contribution in [2.24, 2.45) is 0 Å². The van der Waals surface area contributed by atoms with Gasteiger partial charge in [-0.05, 0) is 32.4 Å². The second-order valence-corrected chi connectivity index (χ2v) is 10.7. The van der Waals surface area contributed by atoms with Crippen LogP contribution in [0.2, 0.25) is 0 Å². The number of nitro groups is 1. The van der Waals surface area contributed by atoms with Crippen LogP contribution in [0.25, 0.3) is 0 Å². The number of esters is 2. The number of unbranched alkanes of at least 4 members (excludes halogenated alkanes) is 15. The molecule has 238 valence electrons. The number of carbonyl (C=O) groups is 2. The summed E-state index contributed by atoms with van der Waals surface area (Å²) in [6.45, 7) is 13.4. The lowest BCUT2D eigenvalue weighted by molar-refractivity contribution is -0.384. The molecule has 0 radical (unpaired) electrons. The third-order valence-corrected chi connectivity index (χ3v) is 6.56. The van der Waals surface area contributed by atoms with E-state index in [0.717, 1.165) is 6.42 Å². The van der Waals surface area contributed by atoms with Gasteiger partial charge >= 0.3 is 11.9 Å². The van der Waals surface area contributed by atoms with Crippen LogP contribution in [0.15, 0.2) is 48.6 Å². The van der Waals surface area contributed by atoms with E-state index in [1.54, 1.807) is 13.8 Å². The first-order valence-electron chi connectivity index (χ1n) is 15.7. The average Bonchev–Trinajstić information content (AvgIpc) is 2.97. The number of hydrogen-bond acceptors (Lipinski definition) is 7. The number of nitro benzene ring substituents is 1. The quantitative estimate of drug-likeness (QED) is 0.0389. The minimum absolute atomic E-state index is 0.00365. The normalized spacial score (nSPS) is 10.3. The maximum Gasteiger partial charge on any atom is 0.333 e. The van der Waals surface area contributed by atoms with Crippen LogP contribution in [-0.2, 0) is 19.1 Å². The van der Waals surface area contributed by atoms with Gasteiger partial charge < -0.3 is 14.2 Å². The van der Waals surface area contributed by atoms with Gasteiger partial charge in [0.15, 0.2) is 0 Å². The summed E-state index contributed by atoms with van der Waals surface area (Å²) >= 11 is 0. The largest absolute Gasteiger partial charge is 0.490 e.